The Bertz CT molecular complexity index is 404. The maximum absolute atomic E-state index is 11.5. The molecule has 1 aromatic rings. The molecule has 0 saturated heterocycles. The van der Waals surface area contributed by atoms with Gasteiger partial charge in [-0.25, -0.2) is 4.79 Å². The second kappa shape index (κ2) is 4.46. The molecular formula is C12H10O3. The van der Waals surface area contributed by atoms with E-state index in [4.69, 9.17) is 9.47 Å². The molecule has 15 heavy (non-hydrogen) atoms. The minimum Gasteiger partial charge on any atom is -0.458 e. The Morgan fingerprint density at radius 3 is 2.73 bits per heavy atom. The van der Waals surface area contributed by atoms with Crippen molar-refractivity contribution in [3.63, 3.8) is 0 Å². The van der Waals surface area contributed by atoms with Gasteiger partial charge in [-0.3, -0.25) is 0 Å². The molecule has 0 aromatic heterocycles. The van der Waals surface area contributed by atoms with E-state index in [1.165, 1.54) is 6.26 Å². The summed E-state index contributed by atoms with van der Waals surface area (Å²) in [6.07, 6.45) is 5.69. The first kappa shape index (κ1) is 9.52. The van der Waals surface area contributed by atoms with Crippen LogP contribution in [0, 0.1) is 0 Å². The molecule has 1 aliphatic rings. The van der Waals surface area contributed by atoms with Gasteiger partial charge in [-0.15, -0.1) is 0 Å². The molecule has 0 bridgehead atoms. The summed E-state index contributed by atoms with van der Waals surface area (Å²) in [6, 6.07) is 8.90. The van der Waals surface area contributed by atoms with E-state index in [1.807, 2.05) is 12.1 Å². The molecule has 0 amide bonds. The van der Waals surface area contributed by atoms with Crippen LogP contribution >= 0.6 is 0 Å². The van der Waals surface area contributed by atoms with Crippen LogP contribution in [0.1, 0.15) is 6.42 Å². The van der Waals surface area contributed by atoms with Crippen molar-refractivity contribution in [3.05, 3.63) is 54.5 Å². The van der Waals surface area contributed by atoms with E-state index < -0.39 is 5.97 Å². The van der Waals surface area contributed by atoms with Crippen LogP contribution in [-0.2, 0) is 9.53 Å². The zero-order valence-electron chi connectivity index (χ0n) is 8.05. The molecule has 0 fully saturated rings. The van der Waals surface area contributed by atoms with E-state index in [9.17, 15) is 4.79 Å². The van der Waals surface area contributed by atoms with Gasteiger partial charge in [0.15, 0.2) is 0 Å². The van der Waals surface area contributed by atoms with E-state index in [1.54, 1.807) is 30.3 Å². The highest BCUT2D eigenvalue weighted by molar-refractivity contribution is 5.88. The third kappa shape index (κ3) is 2.47. The fourth-order valence-electron chi connectivity index (χ4n) is 1.18. The highest BCUT2D eigenvalue weighted by atomic mass is 16.6. The predicted octanol–water partition coefficient (Wildman–Crippen LogP) is 2.41. The molecule has 0 atom stereocenters. The lowest BCUT2D eigenvalue weighted by Crippen LogP contribution is -2.13. The SMILES string of the molecule is O=C(Oc1ccccc1)C1=CCC=CO1. The lowest BCUT2D eigenvalue weighted by atomic mass is 10.3. The highest BCUT2D eigenvalue weighted by Gasteiger charge is 2.13. The number of allylic oxidation sites excluding steroid dienone is 2. The van der Waals surface area contributed by atoms with Gasteiger partial charge in [0, 0.05) is 0 Å². The van der Waals surface area contributed by atoms with Crippen LogP contribution in [0.15, 0.2) is 54.5 Å². The Labute approximate surface area is 87.6 Å². The summed E-state index contributed by atoms with van der Waals surface area (Å²) in [7, 11) is 0. The minimum atomic E-state index is -0.467. The molecule has 0 aliphatic carbocycles. The smallest absolute Gasteiger partial charge is 0.379 e. The van der Waals surface area contributed by atoms with Crippen molar-refractivity contribution in [2.24, 2.45) is 0 Å². The number of para-hydroxylation sites is 1. The number of carbonyl (C=O) groups is 1. The Kier molecular flexibility index (Phi) is 2.83. The number of hydrogen-bond donors (Lipinski definition) is 0. The molecule has 0 radical (unpaired) electrons. The van der Waals surface area contributed by atoms with E-state index in [2.05, 4.69) is 0 Å². The monoisotopic (exact) mass is 202 g/mol. The molecule has 2 rings (SSSR count). The second-order valence-corrected chi connectivity index (χ2v) is 3.00. The summed E-state index contributed by atoms with van der Waals surface area (Å²) in [5, 5.41) is 0. The van der Waals surface area contributed by atoms with Crippen molar-refractivity contribution in [2.75, 3.05) is 0 Å². The quantitative estimate of drug-likeness (QED) is 0.545. The summed E-state index contributed by atoms with van der Waals surface area (Å²) in [5.74, 6) is 0.286. The van der Waals surface area contributed by atoms with Gasteiger partial charge in [-0.1, -0.05) is 18.2 Å². The van der Waals surface area contributed by atoms with Crippen LogP contribution < -0.4 is 4.74 Å². The minimum absolute atomic E-state index is 0.237. The van der Waals surface area contributed by atoms with Crippen LogP contribution in [0.5, 0.6) is 5.75 Å². The predicted molar refractivity (Wildman–Crippen MR) is 55.0 cm³/mol. The van der Waals surface area contributed by atoms with Gasteiger partial charge in [0.05, 0.1) is 6.26 Å². The number of carbonyl (C=O) groups excluding carboxylic acids is 1. The number of rotatable bonds is 2. The molecule has 0 saturated carbocycles. The Morgan fingerprint density at radius 2 is 2.07 bits per heavy atom. The summed E-state index contributed by atoms with van der Waals surface area (Å²) in [6.45, 7) is 0. The molecule has 3 nitrogen and oxygen atoms in total. The van der Waals surface area contributed by atoms with Crippen molar-refractivity contribution < 1.29 is 14.3 Å². The van der Waals surface area contributed by atoms with Gasteiger partial charge in [0.25, 0.3) is 0 Å². The highest BCUT2D eigenvalue weighted by Crippen LogP contribution is 2.14. The third-order valence-corrected chi connectivity index (χ3v) is 1.89. The third-order valence-electron chi connectivity index (χ3n) is 1.89. The number of ether oxygens (including phenoxy) is 2. The van der Waals surface area contributed by atoms with E-state index in [0.29, 0.717) is 12.2 Å². The Hall–Kier alpha value is -2.03. The first-order valence-electron chi connectivity index (χ1n) is 4.65. The number of esters is 1. The van der Waals surface area contributed by atoms with Gasteiger partial charge in [0.1, 0.15) is 5.75 Å². The molecule has 0 spiro atoms. The van der Waals surface area contributed by atoms with Gasteiger partial charge < -0.3 is 9.47 Å². The molecule has 3 heteroatoms. The lowest BCUT2D eigenvalue weighted by Gasteiger charge is -2.08. The van der Waals surface area contributed by atoms with Crippen molar-refractivity contribution in [1.29, 1.82) is 0 Å². The molecule has 1 heterocycles. The maximum Gasteiger partial charge on any atom is 0.379 e. The first-order chi connectivity index (χ1) is 7.36. The van der Waals surface area contributed by atoms with Gasteiger partial charge in [0.2, 0.25) is 5.76 Å². The van der Waals surface area contributed by atoms with Gasteiger partial charge >= 0.3 is 5.97 Å². The van der Waals surface area contributed by atoms with E-state index >= 15 is 0 Å². The summed E-state index contributed by atoms with van der Waals surface area (Å²) < 4.78 is 10.1. The molecule has 1 aliphatic heterocycles. The van der Waals surface area contributed by atoms with Crippen LogP contribution in [0.25, 0.3) is 0 Å². The van der Waals surface area contributed by atoms with Crippen LogP contribution in [0.4, 0.5) is 0 Å². The standard InChI is InChI=1S/C12H10O3/c13-12(11-8-4-5-9-14-11)15-10-6-2-1-3-7-10/h1-3,5-9H,4H2. The second-order valence-electron chi connectivity index (χ2n) is 3.00. The van der Waals surface area contributed by atoms with Gasteiger partial charge in [-0.2, -0.15) is 0 Å². The molecule has 76 valence electrons. The Balaban J connectivity index is 2.01. The van der Waals surface area contributed by atoms with Crippen LogP contribution in [-0.4, -0.2) is 5.97 Å². The van der Waals surface area contributed by atoms with Crippen LogP contribution in [0.3, 0.4) is 0 Å². The number of hydrogen-bond acceptors (Lipinski definition) is 3. The average molecular weight is 202 g/mol. The summed E-state index contributed by atoms with van der Waals surface area (Å²) in [4.78, 5) is 11.5. The zero-order chi connectivity index (χ0) is 10.5. The largest absolute Gasteiger partial charge is 0.458 e. The normalized spacial score (nSPS) is 14.0. The average Bonchev–Trinajstić information content (AvgIpc) is 2.31. The van der Waals surface area contributed by atoms with Crippen LogP contribution in [0.2, 0.25) is 0 Å². The first-order valence-corrected chi connectivity index (χ1v) is 4.65. The molecule has 0 unspecified atom stereocenters. The van der Waals surface area contributed by atoms with Crippen molar-refractivity contribution in [2.45, 2.75) is 6.42 Å². The fraction of sp³-hybridized carbons (Fsp3) is 0.0833. The maximum atomic E-state index is 11.5. The van der Waals surface area contributed by atoms with E-state index in [0.717, 1.165) is 0 Å². The fourth-order valence-corrected chi connectivity index (χ4v) is 1.18. The lowest BCUT2D eigenvalue weighted by molar-refractivity contribution is -0.133. The van der Waals surface area contributed by atoms with E-state index in [-0.39, 0.29) is 5.76 Å². The summed E-state index contributed by atoms with van der Waals surface area (Å²) >= 11 is 0. The van der Waals surface area contributed by atoms with Crippen molar-refractivity contribution in [1.82, 2.24) is 0 Å². The van der Waals surface area contributed by atoms with Crippen molar-refractivity contribution >= 4 is 5.97 Å². The Morgan fingerprint density at radius 1 is 1.27 bits per heavy atom. The summed E-state index contributed by atoms with van der Waals surface area (Å²) in [5.41, 5.74) is 0. The molecule has 1 aromatic carbocycles. The van der Waals surface area contributed by atoms with Crippen molar-refractivity contribution in [3.8, 4) is 5.75 Å². The number of benzene rings is 1. The molecular weight excluding hydrogens is 192 g/mol. The topological polar surface area (TPSA) is 35.5 Å². The van der Waals surface area contributed by atoms with Gasteiger partial charge in [-0.05, 0) is 30.7 Å². The molecule has 0 N–H and O–H groups in total. The zero-order valence-corrected chi connectivity index (χ0v) is 8.05.